The number of hydrogen-bond acceptors (Lipinski definition) is 9. The smallest absolute Gasteiger partial charge is 0.221 e. The van der Waals surface area contributed by atoms with Crippen LogP contribution in [-0.2, 0) is 24.0 Å². The molecule has 14 heteroatoms. The molecule has 0 aromatic rings. The van der Waals surface area contributed by atoms with Gasteiger partial charge in [-0.05, 0) is 32.1 Å². The third-order valence-corrected chi connectivity index (χ3v) is 18.2. The monoisotopic (exact) mass is 1270 g/mol. The Bertz CT molecular complexity index is 1480. The summed E-state index contributed by atoms with van der Waals surface area (Å²) in [7, 11) is 0. The molecule has 0 saturated carbocycles. The van der Waals surface area contributed by atoms with Gasteiger partial charge in [0.15, 0.2) is 0 Å². The average Bonchev–Trinajstić information content (AvgIpc) is 3.76. The molecule has 0 rings (SSSR count). The zero-order valence-corrected chi connectivity index (χ0v) is 60.6. The quantitative estimate of drug-likeness (QED) is 0.0325. The minimum Gasteiger partial charge on any atom is -0.356 e. The van der Waals surface area contributed by atoms with Gasteiger partial charge in [-0.1, -0.05) is 291 Å². The van der Waals surface area contributed by atoms with Crippen LogP contribution in [0.3, 0.4) is 0 Å². The van der Waals surface area contributed by atoms with Gasteiger partial charge in [0.25, 0.3) is 0 Å². The van der Waals surface area contributed by atoms with Crippen LogP contribution in [0.4, 0.5) is 0 Å². The molecule has 0 aliphatic heterocycles. The molecule has 6 N–H and O–H groups in total. The van der Waals surface area contributed by atoms with Crippen molar-refractivity contribution in [3.05, 3.63) is 0 Å². The van der Waals surface area contributed by atoms with Crippen molar-refractivity contribution in [2.45, 2.75) is 356 Å². The highest BCUT2D eigenvalue weighted by atomic mass is 16.2. The molecule has 0 aliphatic carbocycles. The molecule has 0 heterocycles. The first-order chi connectivity index (χ1) is 44.2. The van der Waals surface area contributed by atoms with Gasteiger partial charge >= 0.3 is 0 Å². The molecule has 5 amide bonds. The maximum Gasteiger partial charge on any atom is 0.221 e. The highest BCUT2D eigenvalue weighted by Crippen LogP contribution is 2.14. The molecule has 14 nitrogen and oxygen atoms in total. The van der Waals surface area contributed by atoms with Gasteiger partial charge in [0.2, 0.25) is 29.5 Å². The van der Waals surface area contributed by atoms with E-state index < -0.39 is 0 Å². The predicted octanol–water partition coefficient (Wildman–Crippen LogP) is 16.7. The maximum atomic E-state index is 13.3. The minimum atomic E-state index is 0.0672. The average molecular weight is 1270 g/mol. The number of rotatable bonds is 74. The van der Waals surface area contributed by atoms with Gasteiger partial charge in [0, 0.05) is 137 Å². The zero-order chi connectivity index (χ0) is 65.5. The third-order valence-electron chi connectivity index (χ3n) is 18.2. The molecular formula is C76H153N9O5. The summed E-state index contributed by atoms with van der Waals surface area (Å²) < 4.78 is 0. The molecule has 532 valence electrons. The molecule has 0 bridgehead atoms. The van der Waals surface area contributed by atoms with E-state index in [0.29, 0.717) is 111 Å². The lowest BCUT2D eigenvalue weighted by Crippen LogP contribution is -2.43. The molecule has 0 spiro atoms. The Morgan fingerprint density at radius 1 is 0.189 bits per heavy atom. The van der Waals surface area contributed by atoms with Crippen LogP contribution in [0, 0.1) is 0 Å². The Kier molecular flexibility index (Phi) is 69.8. The number of unbranched alkanes of at least 4 members (excludes halogenated alkanes) is 40. The van der Waals surface area contributed by atoms with Crippen molar-refractivity contribution in [2.24, 2.45) is 0 Å². The lowest BCUT2D eigenvalue weighted by molar-refractivity contribution is -0.123. The van der Waals surface area contributed by atoms with Crippen molar-refractivity contribution >= 4 is 29.5 Å². The standard InChI is InChI=1S/C76H153N9O5/c1-6-11-16-21-26-31-36-41-46-56-78-72(86)51-63-83(64-52-73(87)79-57-47-42-37-32-27-22-17-12-7-2)68-61-77-62-69-85(67-55-76(90)82-60-50-45-40-35-30-25-20-15-10-5)71-70-84(65-53-74(88)80-58-48-43-38-33-28-23-18-13-8-3)66-54-75(89)81-59-49-44-39-34-29-24-19-14-9-4/h77H,6-71H2,1-5H3,(H,78,86)(H,79,87)(H,80,88)(H,81,89)(H,82,90). The summed E-state index contributed by atoms with van der Waals surface area (Å²) in [6, 6.07) is 0. The Labute approximate surface area is 557 Å². The van der Waals surface area contributed by atoms with Crippen molar-refractivity contribution in [3.63, 3.8) is 0 Å². The molecule has 0 radical (unpaired) electrons. The van der Waals surface area contributed by atoms with Gasteiger partial charge < -0.3 is 46.6 Å². The first-order valence-corrected chi connectivity index (χ1v) is 39.4. The summed E-state index contributed by atoms with van der Waals surface area (Å²) in [5.74, 6) is 0.374. The highest BCUT2D eigenvalue weighted by Gasteiger charge is 2.16. The van der Waals surface area contributed by atoms with Crippen LogP contribution < -0.4 is 31.9 Å². The number of carbonyl (C=O) groups excluding carboxylic acids is 5. The van der Waals surface area contributed by atoms with Gasteiger partial charge in [-0.15, -0.1) is 0 Å². The summed E-state index contributed by atoms with van der Waals surface area (Å²) >= 11 is 0. The van der Waals surface area contributed by atoms with E-state index in [4.69, 9.17) is 0 Å². The van der Waals surface area contributed by atoms with E-state index in [9.17, 15) is 24.0 Å². The predicted molar refractivity (Wildman–Crippen MR) is 386 cm³/mol. The lowest BCUT2D eigenvalue weighted by atomic mass is 10.1. The highest BCUT2D eigenvalue weighted by molar-refractivity contribution is 5.77. The van der Waals surface area contributed by atoms with Crippen LogP contribution in [0.15, 0.2) is 0 Å². The normalized spacial score (nSPS) is 11.6. The van der Waals surface area contributed by atoms with Gasteiger partial charge in [-0.25, -0.2) is 0 Å². The number of hydrogen-bond donors (Lipinski definition) is 6. The van der Waals surface area contributed by atoms with Gasteiger partial charge in [-0.2, -0.15) is 0 Å². The van der Waals surface area contributed by atoms with Crippen molar-refractivity contribution < 1.29 is 24.0 Å². The van der Waals surface area contributed by atoms with Crippen LogP contribution in [0.5, 0.6) is 0 Å². The van der Waals surface area contributed by atoms with E-state index in [2.05, 4.69) is 81.2 Å². The molecule has 0 aromatic heterocycles. The third kappa shape index (κ3) is 66.6. The van der Waals surface area contributed by atoms with Crippen LogP contribution in [0.2, 0.25) is 0 Å². The Morgan fingerprint density at radius 3 is 0.533 bits per heavy atom. The van der Waals surface area contributed by atoms with Gasteiger partial charge in [0.1, 0.15) is 0 Å². The first-order valence-electron chi connectivity index (χ1n) is 39.4. The van der Waals surface area contributed by atoms with Gasteiger partial charge in [0.05, 0.1) is 0 Å². The number of nitrogens with one attached hydrogen (secondary N) is 6. The van der Waals surface area contributed by atoms with Crippen molar-refractivity contribution in [3.8, 4) is 0 Å². The van der Waals surface area contributed by atoms with Crippen LogP contribution in [0.25, 0.3) is 0 Å². The van der Waals surface area contributed by atoms with E-state index in [1.807, 2.05) is 0 Å². The second kappa shape index (κ2) is 72.0. The summed E-state index contributed by atoms with van der Waals surface area (Å²) in [6.07, 6.45) is 58.3. The van der Waals surface area contributed by atoms with E-state index in [1.54, 1.807) is 0 Å². The van der Waals surface area contributed by atoms with Crippen molar-refractivity contribution in [2.75, 3.05) is 105 Å². The van der Waals surface area contributed by atoms with Crippen molar-refractivity contribution in [1.82, 2.24) is 46.6 Å². The fourth-order valence-corrected chi connectivity index (χ4v) is 11.9. The SMILES string of the molecule is CCCCCCCCCCCNC(=O)CCN(CCNCCN(CCC(=O)NCCCCCCCCCCC)CCN(CCC(=O)NCCCCCCCCCCC)CCC(=O)NCCCCCCCCCCC)CCC(=O)NCCCCCCCCCCC. The Hall–Kier alpha value is -2.81. The molecular weight excluding hydrogens is 1120 g/mol. The summed E-state index contributed by atoms with van der Waals surface area (Å²) in [6.45, 7) is 22.1. The fraction of sp³-hybridized carbons (Fsp3) is 0.934. The molecule has 0 fully saturated rings. The molecule has 0 atom stereocenters. The molecule has 0 aliphatic rings. The van der Waals surface area contributed by atoms with E-state index in [0.717, 1.165) is 90.4 Å². The Morgan fingerprint density at radius 2 is 0.344 bits per heavy atom. The van der Waals surface area contributed by atoms with E-state index in [-0.39, 0.29) is 29.5 Å². The summed E-state index contributed by atoms with van der Waals surface area (Å²) in [4.78, 5) is 73.0. The van der Waals surface area contributed by atoms with E-state index >= 15 is 0 Å². The fourth-order valence-electron chi connectivity index (χ4n) is 11.9. The minimum absolute atomic E-state index is 0.0672. The van der Waals surface area contributed by atoms with Crippen LogP contribution >= 0.6 is 0 Å². The summed E-state index contributed by atoms with van der Waals surface area (Å²) in [5, 5.41) is 19.6. The first kappa shape index (κ1) is 87.2. The molecule has 0 saturated heterocycles. The molecule has 90 heavy (non-hydrogen) atoms. The maximum absolute atomic E-state index is 13.3. The topological polar surface area (TPSA) is 167 Å². The molecule has 0 unspecified atom stereocenters. The second-order valence-electron chi connectivity index (χ2n) is 26.9. The van der Waals surface area contributed by atoms with E-state index in [1.165, 1.54) is 225 Å². The number of nitrogens with zero attached hydrogens (tertiary/aromatic N) is 3. The van der Waals surface area contributed by atoms with Gasteiger partial charge in [-0.3, -0.25) is 24.0 Å². The molecule has 0 aromatic carbocycles. The van der Waals surface area contributed by atoms with Crippen LogP contribution in [0.1, 0.15) is 356 Å². The number of carbonyl (C=O) groups is 5. The van der Waals surface area contributed by atoms with Crippen LogP contribution in [-0.4, -0.2) is 149 Å². The lowest BCUT2D eigenvalue weighted by Gasteiger charge is -2.28. The van der Waals surface area contributed by atoms with Crippen molar-refractivity contribution in [1.29, 1.82) is 0 Å². The summed E-state index contributed by atoms with van der Waals surface area (Å²) in [5.41, 5.74) is 0. The number of amides is 5. The Balaban J connectivity index is 5.80. The second-order valence-corrected chi connectivity index (χ2v) is 26.9. The zero-order valence-electron chi connectivity index (χ0n) is 60.6. The largest absolute Gasteiger partial charge is 0.356 e.